The maximum Gasteiger partial charge on any atom is 0.433 e. The Morgan fingerprint density at radius 1 is 1.16 bits per heavy atom. The standard InChI is InChI=1S/C26H38F3N5O4/c1-15(2)23-31-19-14-33(10-9-18(19)22(32-23)26(27,28)29)21(36)11-17(30-24(37)38-25(4,5)6)13-34-12-16(3)7-8-20(34)35/h15-17H,7-14H2,1-6H3,(H,30,37)/t16-,17+/m1/s1. The van der Waals surface area contributed by atoms with Crippen LogP contribution in [0.4, 0.5) is 18.0 Å². The Morgan fingerprint density at radius 3 is 2.45 bits per heavy atom. The summed E-state index contributed by atoms with van der Waals surface area (Å²) in [5.74, 6) is -0.350. The van der Waals surface area contributed by atoms with Gasteiger partial charge in [-0.25, -0.2) is 14.8 Å². The Labute approximate surface area is 221 Å². The number of alkyl carbamates (subject to hydrolysis) is 1. The number of nitrogens with one attached hydrogen (secondary N) is 1. The van der Waals surface area contributed by atoms with Crippen molar-refractivity contribution in [3.63, 3.8) is 0 Å². The number of ether oxygens (including phenoxy) is 1. The van der Waals surface area contributed by atoms with E-state index in [1.807, 2.05) is 6.92 Å². The summed E-state index contributed by atoms with van der Waals surface area (Å²) >= 11 is 0. The van der Waals surface area contributed by atoms with E-state index in [4.69, 9.17) is 4.74 Å². The van der Waals surface area contributed by atoms with Gasteiger partial charge in [0.25, 0.3) is 0 Å². The van der Waals surface area contributed by atoms with E-state index < -0.39 is 29.6 Å². The molecule has 0 aliphatic carbocycles. The Hall–Kier alpha value is -2.92. The molecule has 0 bridgehead atoms. The van der Waals surface area contributed by atoms with Gasteiger partial charge in [-0.05, 0) is 39.5 Å². The predicted octanol–water partition coefficient (Wildman–Crippen LogP) is 4.05. The third-order valence-electron chi connectivity index (χ3n) is 6.54. The van der Waals surface area contributed by atoms with Crippen LogP contribution >= 0.6 is 0 Å². The van der Waals surface area contributed by atoms with Crippen molar-refractivity contribution < 1.29 is 32.3 Å². The SMILES string of the molecule is CC(C)c1nc2c(c(C(F)(F)F)n1)CCN(C(=O)C[C@@H](CN1C[C@H](C)CCC1=O)NC(=O)OC(C)(C)C)C2. The van der Waals surface area contributed by atoms with Crippen LogP contribution in [-0.2, 0) is 33.5 Å². The molecule has 2 aliphatic heterocycles. The number of alkyl halides is 3. The largest absolute Gasteiger partial charge is 0.444 e. The number of hydrogen-bond acceptors (Lipinski definition) is 6. The van der Waals surface area contributed by atoms with Crippen molar-refractivity contribution in [3.05, 3.63) is 22.8 Å². The number of halogens is 3. The molecule has 0 radical (unpaired) electrons. The monoisotopic (exact) mass is 541 g/mol. The molecule has 3 rings (SSSR count). The number of amides is 3. The zero-order valence-corrected chi connectivity index (χ0v) is 22.9. The smallest absolute Gasteiger partial charge is 0.433 e. The minimum absolute atomic E-state index is 0.0160. The highest BCUT2D eigenvalue weighted by molar-refractivity contribution is 5.79. The summed E-state index contributed by atoms with van der Waals surface area (Å²) in [6, 6.07) is -0.727. The number of carbonyl (C=O) groups excluding carboxylic acids is 3. The van der Waals surface area contributed by atoms with Crippen LogP contribution in [0.1, 0.15) is 89.5 Å². The van der Waals surface area contributed by atoms with Crippen molar-refractivity contribution >= 4 is 17.9 Å². The van der Waals surface area contributed by atoms with Crippen LogP contribution in [0.3, 0.4) is 0 Å². The highest BCUT2D eigenvalue weighted by Crippen LogP contribution is 2.34. The molecule has 0 saturated carbocycles. The van der Waals surface area contributed by atoms with Crippen LogP contribution < -0.4 is 5.32 Å². The molecule has 2 atom stereocenters. The van der Waals surface area contributed by atoms with E-state index >= 15 is 0 Å². The van der Waals surface area contributed by atoms with Crippen LogP contribution in [0.2, 0.25) is 0 Å². The number of rotatable bonds is 6. The molecule has 38 heavy (non-hydrogen) atoms. The fraction of sp³-hybridized carbons (Fsp3) is 0.731. The Balaban J connectivity index is 1.79. The summed E-state index contributed by atoms with van der Waals surface area (Å²) in [4.78, 5) is 49.6. The molecule has 3 heterocycles. The van der Waals surface area contributed by atoms with Crippen LogP contribution in [0.25, 0.3) is 0 Å². The van der Waals surface area contributed by atoms with E-state index in [2.05, 4.69) is 15.3 Å². The summed E-state index contributed by atoms with van der Waals surface area (Å²) in [6.07, 6.45) is -4.31. The topological polar surface area (TPSA) is 105 Å². The molecular formula is C26H38F3N5O4. The van der Waals surface area contributed by atoms with Gasteiger partial charge in [0.15, 0.2) is 5.69 Å². The number of fused-ring (bicyclic) bond motifs is 1. The second-order valence-electron chi connectivity index (χ2n) is 11.6. The van der Waals surface area contributed by atoms with Crippen molar-refractivity contribution in [3.8, 4) is 0 Å². The third kappa shape index (κ3) is 7.80. The number of piperidine rings is 1. The summed E-state index contributed by atoms with van der Waals surface area (Å²) in [5, 5.41) is 2.72. The zero-order chi connectivity index (χ0) is 28.4. The van der Waals surface area contributed by atoms with Gasteiger partial charge in [-0.15, -0.1) is 0 Å². The van der Waals surface area contributed by atoms with Crippen molar-refractivity contribution in [2.75, 3.05) is 19.6 Å². The highest BCUT2D eigenvalue weighted by Gasteiger charge is 2.39. The van der Waals surface area contributed by atoms with Crippen molar-refractivity contribution in [1.29, 1.82) is 0 Å². The van der Waals surface area contributed by atoms with E-state index in [0.717, 1.165) is 6.42 Å². The van der Waals surface area contributed by atoms with Gasteiger partial charge in [-0.3, -0.25) is 9.59 Å². The minimum atomic E-state index is -4.62. The van der Waals surface area contributed by atoms with E-state index in [1.165, 1.54) is 4.90 Å². The average molecular weight is 542 g/mol. The van der Waals surface area contributed by atoms with Gasteiger partial charge >= 0.3 is 12.3 Å². The average Bonchev–Trinajstić information content (AvgIpc) is 2.78. The third-order valence-corrected chi connectivity index (χ3v) is 6.54. The maximum absolute atomic E-state index is 13.7. The number of carbonyl (C=O) groups is 3. The van der Waals surface area contributed by atoms with Crippen LogP contribution in [0, 0.1) is 5.92 Å². The first-order valence-electron chi connectivity index (χ1n) is 13.1. The molecule has 2 aliphatic rings. The molecule has 1 aromatic rings. The fourth-order valence-electron chi connectivity index (χ4n) is 4.67. The minimum Gasteiger partial charge on any atom is -0.444 e. The molecule has 0 unspecified atom stereocenters. The molecule has 9 nitrogen and oxygen atoms in total. The molecule has 212 valence electrons. The lowest BCUT2D eigenvalue weighted by molar-refractivity contribution is -0.142. The van der Waals surface area contributed by atoms with Gasteiger partial charge in [0.2, 0.25) is 11.8 Å². The lowest BCUT2D eigenvalue weighted by atomic mass is 9.98. The van der Waals surface area contributed by atoms with Gasteiger partial charge in [-0.1, -0.05) is 20.8 Å². The number of aromatic nitrogens is 2. The van der Waals surface area contributed by atoms with E-state index in [0.29, 0.717) is 18.9 Å². The summed E-state index contributed by atoms with van der Waals surface area (Å²) in [6.45, 7) is 11.3. The van der Waals surface area contributed by atoms with Crippen LogP contribution in [0.15, 0.2) is 0 Å². The van der Waals surface area contributed by atoms with Gasteiger partial charge in [0.05, 0.1) is 18.3 Å². The molecule has 1 fully saturated rings. The Morgan fingerprint density at radius 2 is 1.84 bits per heavy atom. The maximum atomic E-state index is 13.7. The first kappa shape index (κ1) is 29.6. The van der Waals surface area contributed by atoms with Gasteiger partial charge in [0, 0.05) is 44.0 Å². The normalized spacial score (nSPS) is 19.3. The highest BCUT2D eigenvalue weighted by atomic mass is 19.4. The number of likely N-dealkylation sites (tertiary alicyclic amines) is 1. The quantitative estimate of drug-likeness (QED) is 0.583. The van der Waals surface area contributed by atoms with Gasteiger partial charge in [-0.2, -0.15) is 13.2 Å². The number of hydrogen-bond donors (Lipinski definition) is 1. The van der Waals surface area contributed by atoms with Crippen molar-refractivity contribution in [2.24, 2.45) is 5.92 Å². The lowest BCUT2D eigenvalue weighted by Gasteiger charge is -2.35. The van der Waals surface area contributed by atoms with Crippen molar-refractivity contribution in [2.45, 2.75) is 97.5 Å². The summed E-state index contributed by atoms with van der Waals surface area (Å²) in [5.41, 5.74) is -1.50. The van der Waals surface area contributed by atoms with Gasteiger partial charge < -0.3 is 19.9 Å². The molecule has 1 N–H and O–H groups in total. The molecule has 1 saturated heterocycles. The summed E-state index contributed by atoms with van der Waals surface area (Å²) < 4.78 is 46.5. The second kappa shape index (κ2) is 11.4. The molecule has 3 amide bonds. The second-order valence-corrected chi connectivity index (χ2v) is 11.6. The van der Waals surface area contributed by atoms with E-state index in [1.54, 1.807) is 39.5 Å². The van der Waals surface area contributed by atoms with Gasteiger partial charge in [0.1, 0.15) is 11.4 Å². The molecule has 1 aromatic heterocycles. The van der Waals surface area contributed by atoms with E-state index in [9.17, 15) is 27.6 Å². The van der Waals surface area contributed by atoms with E-state index in [-0.39, 0.29) is 67.3 Å². The fourth-order valence-corrected chi connectivity index (χ4v) is 4.67. The zero-order valence-electron chi connectivity index (χ0n) is 22.9. The Kier molecular flexibility index (Phi) is 8.93. The molecular weight excluding hydrogens is 503 g/mol. The molecule has 12 heteroatoms. The van der Waals surface area contributed by atoms with Crippen LogP contribution in [0.5, 0.6) is 0 Å². The number of nitrogens with zero attached hydrogens (tertiary/aromatic N) is 4. The molecule has 0 spiro atoms. The summed E-state index contributed by atoms with van der Waals surface area (Å²) in [7, 11) is 0. The first-order chi connectivity index (χ1) is 17.5. The molecule has 0 aromatic carbocycles. The Bertz CT molecular complexity index is 1050. The predicted molar refractivity (Wildman–Crippen MR) is 133 cm³/mol. The van der Waals surface area contributed by atoms with Crippen LogP contribution in [-0.4, -0.2) is 69.0 Å². The first-order valence-corrected chi connectivity index (χ1v) is 13.1. The lowest BCUT2D eigenvalue weighted by Crippen LogP contribution is -2.51. The van der Waals surface area contributed by atoms with Crippen molar-refractivity contribution in [1.82, 2.24) is 25.1 Å².